The summed E-state index contributed by atoms with van der Waals surface area (Å²) in [4.78, 5) is 36.3. The molecule has 2 amide bonds. The van der Waals surface area contributed by atoms with Crippen LogP contribution in [0, 0.1) is 13.8 Å². The van der Waals surface area contributed by atoms with Gasteiger partial charge in [-0.15, -0.1) is 0 Å². The van der Waals surface area contributed by atoms with Crippen LogP contribution in [0.4, 0.5) is 5.69 Å². The lowest BCUT2D eigenvalue weighted by atomic mass is 10.0. The Labute approximate surface area is 156 Å². The average Bonchev–Trinajstić information content (AvgIpc) is 2.62. The number of carboxylic acids is 1. The van der Waals surface area contributed by atoms with Gasteiger partial charge in [0.2, 0.25) is 0 Å². The molecule has 1 aliphatic rings. The molecule has 2 aromatic carbocycles. The third-order valence-corrected chi connectivity index (χ3v) is 4.57. The van der Waals surface area contributed by atoms with Gasteiger partial charge in [-0.2, -0.15) is 0 Å². The second kappa shape index (κ2) is 7.11. The van der Waals surface area contributed by atoms with Crippen molar-refractivity contribution in [1.82, 2.24) is 5.32 Å². The van der Waals surface area contributed by atoms with E-state index in [2.05, 4.69) is 10.6 Å². The number of carboxylic acid groups (broad SMARTS) is 1. The maximum atomic E-state index is 12.8. The number of para-hydroxylation sites is 1. The molecule has 3 N–H and O–H groups in total. The van der Waals surface area contributed by atoms with E-state index in [1.165, 1.54) is 6.07 Å². The van der Waals surface area contributed by atoms with Crippen molar-refractivity contribution in [2.75, 3.05) is 5.32 Å². The number of rotatable bonds is 4. The molecule has 2 atom stereocenters. The van der Waals surface area contributed by atoms with Gasteiger partial charge < -0.3 is 20.5 Å². The lowest BCUT2D eigenvalue weighted by molar-refractivity contribution is -0.139. The molecule has 0 aromatic heterocycles. The number of ether oxygens (including phenoxy) is 1. The second-order valence-electron chi connectivity index (χ2n) is 6.52. The highest BCUT2D eigenvalue weighted by Gasteiger charge is 2.30. The SMILES string of the molecule is Cc1ccc(C(NC(=O)c2cccc3c2OC(C)C(=O)N3)C(=O)O)cc1C. The number of benzene rings is 2. The van der Waals surface area contributed by atoms with Crippen molar-refractivity contribution in [2.45, 2.75) is 32.9 Å². The van der Waals surface area contributed by atoms with Crippen molar-refractivity contribution in [2.24, 2.45) is 0 Å². The molecule has 0 spiro atoms. The molecule has 0 saturated heterocycles. The van der Waals surface area contributed by atoms with E-state index in [0.29, 0.717) is 11.3 Å². The largest absolute Gasteiger partial charge is 0.479 e. The summed E-state index contributed by atoms with van der Waals surface area (Å²) >= 11 is 0. The van der Waals surface area contributed by atoms with Crippen LogP contribution in [0.1, 0.15) is 40.0 Å². The highest BCUT2D eigenvalue weighted by molar-refractivity contribution is 6.04. The molecule has 3 rings (SSSR count). The van der Waals surface area contributed by atoms with E-state index >= 15 is 0 Å². The fourth-order valence-corrected chi connectivity index (χ4v) is 2.85. The van der Waals surface area contributed by atoms with Crippen LogP contribution in [0.2, 0.25) is 0 Å². The lowest BCUT2D eigenvalue weighted by Gasteiger charge is -2.25. The Bertz CT molecular complexity index is 938. The van der Waals surface area contributed by atoms with Crippen LogP contribution >= 0.6 is 0 Å². The van der Waals surface area contributed by atoms with Gasteiger partial charge in [0.1, 0.15) is 0 Å². The smallest absolute Gasteiger partial charge is 0.330 e. The number of anilines is 1. The molecule has 0 radical (unpaired) electrons. The van der Waals surface area contributed by atoms with Gasteiger partial charge in [0.15, 0.2) is 17.9 Å². The van der Waals surface area contributed by atoms with E-state index < -0.39 is 24.0 Å². The first kappa shape index (κ1) is 18.4. The van der Waals surface area contributed by atoms with Gasteiger partial charge in [-0.25, -0.2) is 4.79 Å². The summed E-state index contributed by atoms with van der Waals surface area (Å²) in [5.41, 5.74) is 2.99. The van der Waals surface area contributed by atoms with Crippen LogP contribution in [0.15, 0.2) is 36.4 Å². The Morgan fingerprint density at radius 2 is 1.93 bits per heavy atom. The molecule has 140 valence electrons. The molecular weight excluding hydrogens is 348 g/mol. The number of carbonyl (C=O) groups is 3. The van der Waals surface area contributed by atoms with E-state index in [-0.39, 0.29) is 17.2 Å². The molecule has 1 heterocycles. The van der Waals surface area contributed by atoms with Crippen LogP contribution in [0.25, 0.3) is 0 Å². The van der Waals surface area contributed by atoms with Crippen LogP contribution in [0.5, 0.6) is 5.75 Å². The summed E-state index contributed by atoms with van der Waals surface area (Å²) in [6.07, 6.45) is -0.749. The number of carbonyl (C=O) groups excluding carboxylic acids is 2. The summed E-state index contributed by atoms with van der Waals surface area (Å²) in [7, 11) is 0. The van der Waals surface area contributed by atoms with Gasteiger partial charge >= 0.3 is 5.97 Å². The third-order valence-electron chi connectivity index (χ3n) is 4.57. The zero-order valence-electron chi connectivity index (χ0n) is 15.2. The third kappa shape index (κ3) is 3.62. The highest BCUT2D eigenvalue weighted by atomic mass is 16.5. The molecule has 27 heavy (non-hydrogen) atoms. The highest BCUT2D eigenvalue weighted by Crippen LogP contribution is 2.33. The van der Waals surface area contributed by atoms with Crippen LogP contribution in [-0.2, 0) is 9.59 Å². The van der Waals surface area contributed by atoms with Crippen molar-refractivity contribution < 1.29 is 24.2 Å². The number of hydrogen-bond acceptors (Lipinski definition) is 4. The summed E-state index contributed by atoms with van der Waals surface area (Å²) in [6.45, 7) is 5.38. The Morgan fingerprint density at radius 3 is 2.59 bits per heavy atom. The Morgan fingerprint density at radius 1 is 1.19 bits per heavy atom. The molecule has 7 nitrogen and oxygen atoms in total. The van der Waals surface area contributed by atoms with Crippen molar-refractivity contribution in [3.8, 4) is 5.75 Å². The first-order valence-electron chi connectivity index (χ1n) is 8.49. The first-order valence-corrected chi connectivity index (χ1v) is 8.49. The molecule has 0 saturated carbocycles. The normalized spacial score (nSPS) is 16.6. The monoisotopic (exact) mass is 368 g/mol. The fourth-order valence-electron chi connectivity index (χ4n) is 2.85. The van der Waals surface area contributed by atoms with E-state index in [4.69, 9.17) is 4.74 Å². The van der Waals surface area contributed by atoms with Crippen molar-refractivity contribution >= 4 is 23.5 Å². The summed E-state index contributed by atoms with van der Waals surface area (Å²) in [6, 6.07) is 8.78. The van der Waals surface area contributed by atoms with E-state index in [1.807, 2.05) is 19.9 Å². The van der Waals surface area contributed by atoms with Crippen molar-refractivity contribution in [3.63, 3.8) is 0 Å². The van der Waals surface area contributed by atoms with Crippen molar-refractivity contribution in [1.29, 1.82) is 0 Å². The summed E-state index contributed by atoms with van der Waals surface area (Å²) in [5, 5.41) is 14.8. The Hall–Kier alpha value is -3.35. The van der Waals surface area contributed by atoms with E-state index in [9.17, 15) is 19.5 Å². The van der Waals surface area contributed by atoms with Gasteiger partial charge in [0, 0.05) is 0 Å². The minimum absolute atomic E-state index is 0.162. The minimum atomic E-state index is -1.21. The molecule has 2 aromatic rings. The molecule has 2 unspecified atom stereocenters. The van der Waals surface area contributed by atoms with Crippen LogP contribution in [0.3, 0.4) is 0 Å². The maximum Gasteiger partial charge on any atom is 0.330 e. The predicted octanol–water partition coefficient (Wildman–Crippen LogP) is 2.58. The number of amides is 2. The molecule has 0 fully saturated rings. The van der Waals surface area contributed by atoms with Gasteiger partial charge in [-0.1, -0.05) is 24.3 Å². The van der Waals surface area contributed by atoms with Gasteiger partial charge in [-0.05, 0) is 49.6 Å². The first-order chi connectivity index (χ1) is 12.8. The molecular formula is C20H20N2O5. The zero-order valence-corrected chi connectivity index (χ0v) is 15.2. The quantitative estimate of drug-likeness (QED) is 0.769. The van der Waals surface area contributed by atoms with Crippen molar-refractivity contribution in [3.05, 3.63) is 58.7 Å². The van der Waals surface area contributed by atoms with Crippen LogP contribution in [-0.4, -0.2) is 29.0 Å². The summed E-state index contributed by atoms with van der Waals surface area (Å²) in [5.74, 6) is -1.84. The van der Waals surface area contributed by atoms with Gasteiger partial charge in [0.25, 0.3) is 11.8 Å². The number of aryl methyl sites for hydroxylation is 2. The van der Waals surface area contributed by atoms with Gasteiger partial charge in [-0.3, -0.25) is 9.59 Å². The minimum Gasteiger partial charge on any atom is -0.479 e. The topological polar surface area (TPSA) is 105 Å². The Balaban J connectivity index is 1.91. The average molecular weight is 368 g/mol. The van der Waals surface area contributed by atoms with Crippen LogP contribution < -0.4 is 15.4 Å². The molecule has 7 heteroatoms. The Kier molecular flexibility index (Phi) is 4.85. The van der Waals surface area contributed by atoms with E-state index in [1.54, 1.807) is 31.2 Å². The lowest BCUT2D eigenvalue weighted by Crippen LogP contribution is -2.37. The van der Waals surface area contributed by atoms with Gasteiger partial charge in [0.05, 0.1) is 11.3 Å². The maximum absolute atomic E-state index is 12.8. The predicted molar refractivity (Wildman–Crippen MR) is 98.9 cm³/mol. The van der Waals surface area contributed by atoms with E-state index in [0.717, 1.165) is 11.1 Å². The summed E-state index contributed by atoms with van der Waals surface area (Å²) < 4.78 is 5.56. The number of hydrogen-bond donors (Lipinski definition) is 3. The molecule has 0 aliphatic carbocycles. The number of fused-ring (bicyclic) bond motifs is 1. The molecule has 0 bridgehead atoms. The second-order valence-corrected chi connectivity index (χ2v) is 6.52. The standard InChI is InChI=1S/C20H20N2O5/c1-10-7-8-13(9-11(10)2)16(20(25)26)22-19(24)14-5-4-6-15-17(14)27-12(3)18(23)21-15/h4-9,12,16H,1-3H3,(H,21,23)(H,22,24)(H,25,26). The fraction of sp³-hybridized carbons (Fsp3) is 0.250. The molecule has 1 aliphatic heterocycles. The number of nitrogens with one attached hydrogen (secondary N) is 2. The number of aliphatic carboxylic acids is 1. The zero-order chi connectivity index (χ0) is 19.7.